The first-order valence-corrected chi connectivity index (χ1v) is 10.1. The molecule has 7 nitrogen and oxygen atoms in total. The molecular weight excluding hydrogens is 402 g/mol. The standard InChI is InChI=1S/C25H19N5O2/c31-24(27-21-8-6-18(7-9-21)20-12-15-32-17-20)16-23-25(19-4-2-1-3-5-19)30(29-28-23)22-10-13-26-14-11-22/h1-15,17H,16H2,(H,27,31). The number of furan rings is 1. The second kappa shape index (κ2) is 8.69. The molecule has 1 amide bonds. The average Bonchev–Trinajstić information content (AvgIpc) is 3.51. The second-order valence-corrected chi connectivity index (χ2v) is 7.18. The fourth-order valence-corrected chi connectivity index (χ4v) is 3.52. The fourth-order valence-electron chi connectivity index (χ4n) is 3.52. The van der Waals surface area contributed by atoms with E-state index in [4.69, 9.17) is 4.42 Å². The van der Waals surface area contributed by atoms with Crippen molar-refractivity contribution in [3.63, 3.8) is 0 Å². The molecule has 0 saturated carbocycles. The van der Waals surface area contributed by atoms with Gasteiger partial charge in [-0.05, 0) is 35.9 Å². The summed E-state index contributed by atoms with van der Waals surface area (Å²) in [6, 6.07) is 23.0. The first-order valence-electron chi connectivity index (χ1n) is 10.1. The first kappa shape index (κ1) is 19.4. The number of hydrogen-bond acceptors (Lipinski definition) is 5. The molecule has 0 saturated heterocycles. The summed E-state index contributed by atoms with van der Waals surface area (Å²) >= 11 is 0. The van der Waals surface area contributed by atoms with Crippen LogP contribution in [0.2, 0.25) is 0 Å². The van der Waals surface area contributed by atoms with Crippen molar-refractivity contribution < 1.29 is 9.21 Å². The molecule has 0 aliphatic heterocycles. The van der Waals surface area contributed by atoms with E-state index >= 15 is 0 Å². The van der Waals surface area contributed by atoms with Gasteiger partial charge in [0.15, 0.2) is 0 Å². The Labute approximate surface area is 184 Å². The monoisotopic (exact) mass is 421 g/mol. The molecule has 0 fully saturated rings. The van der Waals surface area contributed by atoms with Crippen LogP contribution in [-0.4, -0.2) is 25.9 Å². The molecule has 5 rings (SSSR count). The molecule has 7 heteroatoms. The zero-order valence-corrected chi connectivity index (χ0v) is 17.1. The minimum Gasteiger partial charge on any atom is -0.472 e. The summed E-state index contributed by atoms with van der Waals surface area (Å²) in [5.74, 6) is -0.167. The number of pyridine rings is 1. The molecule has 0 radical (unpaired) electrons. The topological polar surface area (TPSA) is 85.8 Å². The summed E-state index contributed by atoms with van der Waals surface area (Å²) in [6.45, 7) is 0. The molecule has 3 aromatic heterocycles. The molecule has 0 aliphatic rings. The largest absolute Gasteiger partial charge is 0.472 e. The maximum absolute atomic E-state index is 12.8. The average molecular weight is 421 g/mol. The number of hydrogen-bond donors (Lipinski definition) is 1. The van der Waals surface area contributed by atoms with Crippen LogP contribution >= 0.6 is 0 Å². The lowest BCUT2D eigenvalue weighted by Crippen LogP contribution is -2.15. The number of carbonyl (C=O) groups is 1. The Hall–Kier alpha value is -4.52. The lowest BCUT2D eigenvalue weighted by molar-refractivity contribution is -0.115. The van der Waals surface area contributed by atoms with E-state index in [1.54, 1.807) is 29.6 Å². The van der Waals surface area contributed by atoms with Crippen LogP contribution in [-0.2, 0) is 11.2 Å². The Morgan fingerprint density at radius 3 is 2.38 bits per heavy atom. The maximum atomic E-state index is 12.8. The zero-order valence-electron chi connectivity index (χ0n) is 17.1. The van der Waals surface area contributed by atoms with Crippen LogP contribution in [0.4, 0.5) is 5.69 Å². The summed E-state index contributed by atoms with van der Waals surface area (Å²) in [4.78, 5) is 16.9. The maximum Gasteiger partial charge on any atom is 0.230 e. The van der Waals surface area contributed by atoms with Crippen LogP contribution in [0.1, 0.15) is 5.69 Å². The number of nitrogens with one attached hydrogen (secondary N) is 1. The van der Waals surface area contributed by atoms with Crippen molar-refractivity contribution in [3.05, 3.63) is 103 Å². The summed E-state index contributed by atoms with van der Waals surface area (Å²) < 4.78 is 6.86. The van der Waals surface area contributed by atoms with E-state index in [1.807, 2.05) is 72.8 Å². The Morgan fingerprint density at radius 1 is 0.875 bits per heavy atom. The highest BCUT2D eigenvalue weighted by Gasteiger charge is 2.19. The summed E-state index contributed by atoms with van der Waals surface area (Å²) in [6.07, 6.45) is 6.81. The van der Waals surface area contributed by atoms with Crippen LogP contribution in [0.3, 0.4) is 0 Å². The van der Waals surface area contributed by atoms with Gasteiger partial charge in [-0.15, -0.1) is 5.10 Å². The summed E-state index contributed by atoms with van der Waals surface area (Å²) in [5, 5.41) is 11.6. The number of aromatic nitrogens is 4. The molecule has 0 aliphatic carbocycles. The van der Waals surface area contributed by atoms with Crippen molar-refractivity contribution in [2.45, 2.75) is 6.42 Å². The highest BCUT2D eigenvalue weighted by atomic mass is 16.3. The van der Waals surface area contributed by atoms with Gasteiger partial charge < -0.3 is 9.73 Å². The van der Waals surface area contributed by atoms with E-state index in [-0.39, 0.29) is 12.3 Å². The van der Waals surface area contributed by atoms with E-state index in [0.717, 1.165) is 28.1 Å². The molecule has 0 unspecified atom stereocenters. The molecule has 32 heavy (non-hydrogen) atoms. The van der Waals surface area contributed by atoms with Crippen molar-refractivity contribution in [2.24, 2.45) is 0 Å². The lowest BCUT2D eigenvalue weighted by atomic mass is 10.1. The van der Waals surface area contributed by atoms with Crippen LogP contribution in [0.15, 0.2) is 102 Å². The normalized spacial score (nSPS) is 10.8. The predicted molar refractivity (Wildman–Crippen MR) is 121 cm³/mol. The van der Waals surface area contributed by atoms with Crippen LogP contribution < -0.4 is 5.32 Å². The fraction of sp³-hybridized carbons (Fsp3) is 0.0400. The van der Waals surface area contributed by atoms with Crippen molar-refractivity contribution >= 4 is 11.6 Å². The summed E-state index contributed by atoms with van der Waals surface area (Å²) in [7, 11) is 0. The van der Waals surface area contributed by atoms with Gasteiger partial charge in [0.25, 0.3) is 0 Å². The van der Waals surface area contributed by atoms with Gasteiger partial charge in [0, 0.05) is 29.2 Å². The van der Waals surface area contributed by atoms with Gasteiger partial charge in [-0.25, -0.2) is 4.68 Å². The van der Waals surface area contributed by atoms with Crippen molar-refractivity contribution in [1.29, 1.82) is 0 Å². The summed E-state index contributed by atoms with van der Waals surface area (Å²) in [5.41, 5.74) is 5.86. The van der Waals surface area contributed by atoms with Gasteiger partial charge in [-0.1, -0.05) is 47.7 Å². The van der Waals surface area contributed by atoms with Gasteiger partial charge in [0.05, 0.1) is 30.3 Å². The smallest absolute Gasteiger partial charge is 0.230 e. The third-order valence-corrected chi connectivity index (χ3v) is 5.05. The van der Waals surface area contributed by atoms with Gasteiger partial charge >= 0.3 is 0 Å². The third kappa shape index (κ3) is 4.04. The van der Waals surface area contributed by atoms with Crippen LogP contribution in [0.25, 0.3) is 28.1 Å². The molecule has 2 aromatic carbocycles. The molecule has 5 aromatic rings. The molecule has 156 valence electrons. The Morgan fingerprint density at radius 2 is 1.66 bits per heavy atom. The number of anilines is 1. The van der Waals surface area contributed by atoms with E-state index < -0.39 is 0 Å². The van der Waals surface area contributed by atoms with Gasteiger partial charge in [0.1, 0.15) is 5.69 Å². The molecule has 3 heterocycles. The number of amides is 1. The predicted octanol–water partition coefficient (Wildman–Crippen LogP) is 4.77. The number of carbonyl (C=O) groups excluding carboxylic acids is 1. The Kier molecular flexibility index (Phi) is 5.28. The van der Waals surface area contributed by atoms with Gasteiger partial charge in [0.2, 0.25) is 5.91 Å². The minimum absolute atomic E-state index is 0.0960. The van der Waals surface area contributed by atoms with E-state index in [2.05, 4.69) is 20.6 Å². The molecular formula is C25H19N5O2. The zero-order chi connectivity index (χ0) is 21.8. The highest BCUT2D eigenvalue weighted by Crippen LogP contribution is 2.26. The van der Waals surface area contributed by atoms with E-state index in [0.29, 0.717) is 11.4 Å². The van der Waals surface area contributed by atoms with Crippen molar-refractivity contribution in [2.75, 3.05) is 5.32 Å². The highest BCUT2D eigenvalue weighted by molar-refractivity contribution is 5.93. The molecule has 0 atom stereocenters. The van der Waals surface area contributed by atoms with E-state index in [1.165, 1.54) is 0 Å². The lowest BCUT2D eigenvalue weighted by Gasteiger charge is -2.09. The van der Waals surface area contributed by atoms with Crippen molar-refractivity contribution in [1.82, 2.24) is 20.0 Å². The van der Waals surface area contributed by atoms with Crippen LogP contribution in [0.5, 0.6) is 0 Å². The number of nitrogens with zero attached hydrogens (tertiary/aromatic N) is 4. The molecule has 1 N–H and O–H groups in total. The minimum atomic E-state index is -0.167. The first-order chi connectivity index (χ1) is 15.8. The number of benzene rings is 2. The Bertz CT molecular complexity index is 1310. The second-order valence-electron chi connectivity index (χ2n) is 7.18. The molecule has 0 spiro atoms. The molecule has 0 bridgehead atoms. The quantitative estimate of drug-likeness (QED) is 0.427. The van der Waals surface area contributed by atoms with E-state index in [9.17, 15) is 4.79 Å². The Balaban J connectivity index is 1.39. The number of rotatable bonds is 6. The van der Waals surface area contributed by atoms with Gasteiger partial charge in [-0.3, -0.25) is 9.78 Å². The van der Waals surface area contributed by atoms with Crippen molar-refractivity contribution in [3.8, 4) is 28.1 Å². The third-order valence-electron chi connectivity index (χ3n) is 5.05. The SMILES string of the molecule is O=C(Cc1nnn(-c2ccncc2)c1-c1ccccc1)Nc1ccc(-c2ccoc2)cc1. The van der Waals surface area contributed by atoms with Crippen LogP contribution in [0, 0.1) is 0 Å². The van der Waals surface area contributed by atoms with Gasteiger partial charge in [-0.2, -0.15) is 0 Å².